The van der Waals surface area contributed by atoms with Gasteiger partial charge in [0.05, 0.1) is 0 Å². The molecule has 0 saturated heterocycles. The predicted octanol–water partition coefficient (Wildman–Crippen LogP) is 4.63. The van der Waals surface area contributed by atoms with E-state index in [-0.39, 0.29) is 5.78 Å². The molecule has 0 amide bonds. The van der Waals surface area contributed by atoms with E-state index in [4.69, 9.17) is 16.0 Å². The maximum atomic E-state index is 12.3. The fourth-order valence-corrected chi connectivity index (χ4v) is 2.15. The van der Waals surface area contributed by atoms with E-state index in [1.807, 2.05) is 19.1 Å². The number of benzene rings is 2. The van der Waals surface area contributed by atoms with Crippen LogP contribution < -0.4 is 0 Å². The number of fused-ring (bicyclic) bond motifs is 1. The first-order valence-corrected chi connectivity index (χ1v) is 6.32. The van der Waals surface area contributed by atoms with E-state index in [1.165, 1.54) is 0 Å². The van der Waals surface area contributed by atoms with Crippen LogP contribution in [-0.2, 0) is 0 Å². The molecule has 0 spiro atoms. The lowest BCUT2D eigenvalue weighted by Gasteiger charge is -1.97. The fourth-order valence-electron chi connectivity index (χ4n) is 1.97. The van der Waals surface area contributed by atoms with Crippen LogP contribution in [0.5, 0.6) is 0 Å². The van der Waals surface area contributed by atoms with Crippen molar-refractivity contribution in [3.63, 3.8) is 0 Å². The molecule has 0 aliphatic carbocycles. The first kappa shape index (κ1) is 12.0. The maximum absolute atomic E-state index is 12.3. The molecule has 3 rings (SSSR count). The third-order valence-corrected chi connectivity index (χ3v) is 3.25. The Bertz CT molecular complexity index is 754. The second-order valence-electron chi connectivity index (χ2n) is 4.49. The number of carbonyl (C=O) groups excluding carboxylic acids is 1. The van der Waals surface area contributed by atoms with E-state index in [1.54, 1.807) is 36.4 Å². The first-order valence-electron chi connectivity index (χ1n) is 5.94. The van der Waals surface area contributed by atoms with Gasteiger partial charge in [-0.15, -0.1) is 0 Å². The Morgan fingerprint density at radius 2 is 1.79 bits per heavy atom. The smallest absolute Gasteiger partial charge is 0.228 e. The highest BCUT2D eigenvalue weighted by Gasteiger charge is 2.14. The van der Waals surface area contributed by atoms with Crippen molar-refractivity contribution >= 4 is 28.4 Å². The van der Waals surface area contributed by atoms with E-state index in [0.717, 1.165) is 10.9 Å². The highest BCUT2D eigenvalue weighted by Crippen LogP contribution is 2.24. The summed E-state index contributed by atoms with van der Waals surface area (Å²) in [5.41, 5.74) is 2.41. The van der Waals surface area contributed by atoms with E-state index in [9.17, 15) is 4.79 Å². The minimum atomic E-state index is -0.118. The number of carbonyl (C=O) groups is 1. The molecule has 94 valence electrons. The topological polar surface area (TPSA) is 30.2 Å². The predicted molar refractivity (Wildman–Crippen MR) is 75.8 cm³/mol. The zero-order valence-corrected chi connectivity index (χ0v) is 11.1. The van der Waals surface area contributed by atoms with Crippen molar-refractivity contribution in [3.8, 4) is 0 Å². The van der Waals surface area contributed by atoms with Gasteiger partial charge in [-0.3, -0.25) is 4.79 Å². The molecule has 2 nitrogen and oxygen atoms in total. The van der Waals surface area contributed by atoms with Gasteiger partial charge in [0.1, 0.15) is 5.58 Å². The summed E-state index contributed by atoms with van der Waals surface area (Å²) in [6, 6.07) is 14.4. The number of rotatable bonds is 2. The monoisotopic (exact) mass is 270 g/mol. The van der Waals surface area contributed by atoms with Gasteiger partial charge < -0.3 is 4.42 Å². The van der Waals surface area contributed by atoms with Crippen LogP contribution in [0.3, 0.4) is 0 Å². The van der Waals surface area contributed by atoms with E-state index in [0.29, 0.717) is 21.9 Å². The molecule has 0 radical (unpaired) electrons. The van der Waals surface area contributed by atoms with Gasteiger partial charge in [0, 0.05) is 16.0 Å². The van der Waals surface area contributed by atoms with Crippen LogP contribution in [0.4, 0.5) is 0 Å². The molecule has 0 unspecified atom stereocenters. The summed E-state index contributed by atoms with van der Waals surface area (Å²) in [4.78, 5) is 12.3. The van der Waals surface area contributed by atoms with Gasteiger partial charge in [-0.1, -0.05) is 41.4 Å². The molecule has 0 bridgehead atoms. The highest BCUT2D eigenvalue weighted by atomic mass is 35.5. The molecule has 0 N–H and O–H groups in total. The van der Waals surface area contributed by atoms with Gasteiger partial charge in [-0.05, 0) is 31.2 Å². The van der Waals surface area contributed by atoms with Crippen LogP contribution in [0.2, 0.25) is 5.02 Å². The number of hydrogen-bond donors (Lipinski definition) is 0. The summed E-state index contributed by atoms with van der Waals surface area (Å²) in [5, 5.41) is 1.46. The molecule has 0 aliphatic rings. The van der Waals surface area contributed by atoms with Gasteiger partial charge in [0.2, 0.25) is 5.78 Å². The Labute approximate surface area is 115 Å². The lowest BCUT2D eigenvalue weighted by atomic mass is 10.1. The molecule has 19 heavy (non-hydrogen) atoms. The minimum Gasteiger partial charge on any atom is -0.453 e. The molecule has 1 aromatic heterocycles. The Kier molecular flexibility index (Phi) is 2.88. The number of halogens is 1. The van der Waals surface area contributed by atoms with Gasteiger partial charge in [0.25, 0.3) is 0 Å². The molecular weight excluding hydrogens is 260 g/mol. The van der Waals surface area contributed by atoms with Crippen molar-refractivity contribution in [2.24, 2.45) is 0 Å². The zero-order valence-electron chi connectivity index (χ0n) is 10.3. The second kappa shape index (κ2) is 4.56. The third-order valence-electron chi connectivity index (χ3n) is 3.02. The summed E-state index contributed by atoms with van der Waals surface area (Å²) >= 11 is 5.92. The standard InChI is InChI=1S/C16H11ClO2/c1-10-2-4-11(5-3-10)16(18)15-9-12-8-13(17)6-7-14(12)19-15/h2-9H,1H3. The maximum Gasteiger partial charge on any atom is 0.228 e. The average molecular weight is 271 g/mol. The average Bonchev–Trinajstić information content (AvgIpc) is 2.81. The normalized spacial score (nSPS) is 10.8. The van der Waals surface area contributed by atoms with Crippen LogP contribution >= 0.6 is 11.6 Å². The van der Waals surface area contributed by atoms with Gasteiger partial charge in [0.15, 0.2) is 5.76 Å². The van der Waals surface area contributed by atoms with Crippen LogP contribution in [0.1, 0.15) is 21.7 Å². The molecular formula is C16H11ClO2. The molecule has 2 aromatic carbocycles. The molecule has 0 atom stereocenters. The Balaban J connectivity index is 2.04. The van der Waals surface area contributed by atoms with Crippen molar-refractivity contribution in [2.45, 2.75) is 6.92 Å². The number of furan rings is 1. The summed E-state index contributed by atoms with van der Waals surface area (Å²) in [6.07, 6.45) is 0. The lowest BCUT2D eigenvalue weighted by molar-refractivity contribution is 0.101. The van der Waals surface area contributed by atoms with Crippen LogP contribution in [0.15, 0.2) is 52.9 Å². The molecule has 0 fully saturated rings. The lowest BCUT2D eigenvalue weighted by Crippen LogP contribution is -1.98. The first-order chi connectivity index (χ1) is 9.13. The number of hydrogen-bond acceptors (Lipinski definition) is 2. The largest absolute Gasteiger partial charge is 0.453 e. The fraction of sp³-hybridized carbons (Fsp3) is 0.0625. The molecule has 0 saturated carbocycles. The van der Waals surface area contributed by atoms with Crippen molar-refractivity contribution in [2.75, 3.05) is 0 Å². The summed E-state index contributed by atoms with van der Waals surface area (Å²) in [6.45, 7) is 1.98. The molecule has 3 heteroatoms. The molecule has 1 heterocycles. The van der Waals surface area contributed by atoms with Crippen LogP contribution in [-0.4, -0.2) is 5.78 Å². The van der Waals surface area contributed by atoms with Crippen LogP contribution in [0, 0.1) is 6.92 Å². The van der Waals surface area contributed by atoms with Gasteiger partial charge in [-0.25, -0.2) is 0 Å². The third kappa shape index (κ3) is 2.27. The van der Waals surface area contributed by atoms with Crippen molar-refractivity contribution in [1.82, 2.24) is 0 Å². The number of aryl methyl sites for hydroxylation is 1. The number of ketones is 1. The van der Waals surface area contributed by atoms with Crippen molar-refractivity contribution in [3.05, 3.63) is 70.4 Å². The van der Waals surface area contributed by atoms with Gasteiger partial charge >= 0.3 is 0 Å². The van der Waals surface area contributed by atoms with E-state index >= 15 is 0 Å². The summed E-state index contributed by atoms with van der Waals surface area (Å²) in [5.74, 6) is 0.216. The Hall–Kier alpha value is -2.06. The van der Waals surface area contributed by atoms with Crippen LogP contribution in [0.25, 0.3) is 11.0 Å². The zero-order chi connectivity index (χ0) is 13.4. The highest BCUT2D eigenvalue weighted by molar-refractivity contribution is 6.31. The Morgan fingerprint density at radius 3 is 2.53 bits per heavy atom. The Morgan fingerprint density at radius 1 is 1.05 bits per heavy atom. The molecule has 3 aromatic rings. The molecule has 0 aliphatic heterocycles. The summed E-state index contributed by atoms with van der Waals surface area (Å²) in [7, 11) is 0. The van der Waals surface area contributed by atoms with E-state index < -0.39 is 0 Å². The SMILES string of the molecule is Cc1ccc(C(=O)c2cc3cc(Cl)ccc3o2)cc1. The van der Waals surface area contributed by atoms with Gasteiger partial charge in [-0.2, -0.15) is 0 Å². The summed E-state index contributed by atoms with van der Waals surface area (Å²) < 4.78 is 5.56. The van der Waals surface area contributed by atoms with Crippen molar-refractivity contribution in [1.29, 1.82) is 0 Å². The van der Waals surface area contributed by atoms with Crippen molar-refractivity contribution < 1.29 is 9.21 Å². The van der Waals surface area contributed by atoms with E-state index in [2.05, 4.69) is 0 Å². The minimum absolute atomic E-state index is 0.118. The second-order valence-corrected chi connectivity index (χ2v) is 4.92. The quantitative estimate of drug-likeness (QED) is 0.636.